The van der Waals surface area contributed by atoms with Crippen molar-refractivity contribution in [1.82, 2.24) is 10.6 Å². The van der Waals surface area contributed by atoms with Crippen LogP contribution in [0.5, 0.6) is 5.75 Å². The Labute approximate surface area is 158 Å². The van der Waals surface area contributed by atoms with E-state index in [9.17, 15) is 0 Å². The van der Waals surface area contributed by atoms with Gasteiger partial charge in [0.05, 0.1) is 6.61 Å². The van der Waals surface area contributed by atoms with Crippen LogP contribution in [-0.2, 0) is 16.0 Å². The van der Waals surface area contributed by atoms with Gasteiger partial charge in [-0.15, -0.1) is 0 Å². The summed E-state index contributed by atoms with van der Waals surface area (Å²) in [6.07, 6.45) is 2.98. The molecule has 0 fully saturated rings. The van der Waals surface area contributed by atoms with E-state index in [0.29, 0.717) is 19.8 Å². The van der Waals surface area contributed by atoms with Crippen LogP contribution >= 0.6 is 0 Å². The summed E-state index contributed by atoms with van der Waals surface area (Å²) < 4.78 is 16.3. The van der Waals surface area contributed by atoms with Crippen LogP contribution in [-0.4, -0.2) is 53.1 Å². The van der Waals surface area contributed by atoms with Crippen LogP contribution in [0.25, 0.3) is 0 Å². The highest BCUT2D eigenvalue weighted by Gasteiger charge is 2.06. The molecular formula is C20H35N3O3. The number of hydrogen-bond acceptors (Lipinski definition) is 4. The molecule has 0 saturated heterocycles. The van der Waals surface area contributed by atoms with Gasteiger partial charge in [0.25, 0.3) is 0 Å². The van der Waals surface area contributed by atoms with E-state index in [1.54, 1.807) is 14.2 Å². The smallest absolute Gasteiger partial charge is 0.191 e. The molecule has 0 bridgehead atoms. The van der Waals surface area contributed by atoms with Gasteiger partial charge in [-0.3, -0.25) is 4.99 Å². The maximum atomic E-state index is 5.93. The van der Waals surface area contributed by atoms with E-state index in [1.165, 1.54) is 5.56 Å². The van der Waals surface area contributed by atoms with Crippen molar-refractivity contribution in [3.05, 3.63) is 29.3 Å². The summed E-state index contributed by atoms with van der Waals surface area (Å²) in [4.78, 5) is 4.28. The second-order valence-electron chi connectivity index (χ2n) is 6.06. The number of aliphatic imine (C=N–C) groups is 1. The van der Waals surface area contributed by atoms with Gasteiger partial charge in [-0.1, -0.05) is 12.1 Å². The van der Waals surface area contributed by atoms with Crippen molar-refractivity contribution in [3.8, 4) is 5.75 Å². The summed E-state index contributed by atoms with van der Waals surface area (Å²) in [5.41, 5.74) is 2.31. The molecule has 0 aromatic heterocycles. The van der Waals surface area contributed by atoms with Crippen molar-refractivity contribution in [2.45, 2.75) is 39.7 Å². The minimum atomic E-state index is 0.650. The van der Waals surface area contributed by atoms with Crippen LogP contribution in [0.2, 0.25) is 0 Å². The first-order chi connectivity index (χ1) is 12.7. The zero-order chi connectivity index (χ0) is 19.0. The average molecular weight is 366 g/mol. The summed E-state index contributed by atoms with van der Waals surface area (Å²) in [6.45, 7) is 8.59. The Kier molecular flexibility index (Phi) is 12.3. The van der Waals surface area contributed by atoms with Crippen LogP contribution < -0.4 is 15.4 Å². The molecular weight excluding hydrogens is 330 g/mol. The average Bonchev–Trinajstić information content (AvgIpc) is 2.65. The molecule has 0 aliphatic rings. The number of benzene rings is 1. The minimum absolute atomic E-state index is 0.650. The van der Waals surface area contributed by atoms with Gasteiger partial charge >= 0.3 is 0 Å². The lowest BCUT2D eigenvalue weighted by Crippen LogP contribution is -2.37. The van der Waals surface area contributed by atoms with Crippen LogP contribution in [0.3, 0.4) is 0 Å². The number of nitrogens with zero attached hydrogens (tertiary/aromatic N) is 1. The molecule has 148 valence electrons. The Bertz CT molecular complexity index is 521. The van der Waals surface area contributed by atoms with Crippen molar-refractivity contribution in [1.29, 1.82) is 0 Å². The lowest BCUT2D eigenvalue weighted by atomic mass is 10.1. The molecule has 6 nitrogen and oxygen atoms in total. The lowest BCUT2D eigenvalue weighted by Gasteiger charge is -2.15. The third-order valence-corrected chi connectivity index (χ3v) is 3.85. The minimum Gasteiger partial charge on any atom is -0.493 e. The predicted octanol–water partition coefficient (Wildman–Crippen LogP) is 2.89. The van der Waals surface area contributed by atoms with Crippen molar-refractivity contribution in [2.75, 3.05) is 47.1 Å². The van der Waals surface area contributed by atoms with Crippen molar-refractivity contribution in [3.63, 3.8) is 0 Å². The normalized spacial score (nSPS) is 11.5. The maximum Gasteiger partial charge on any atom is 0.191 e. The zero-order valence-electron chi connectivity index (χ0n) is 16.8. The third kappa shape index (κ3) is 9.63. The highest BCUT2D eigenvalue weighted by atomic mass is 16.5. The van der Waals surface area contributed by atoms with Gasteiger partial charge in [-0.05, 0) is 38.3 Å². The van der Waals surface area contributed by atoms with Gasteiger partial charge in [-0.25, -0.2) is 0 Å². The number of methoxy groups -OCH3 is 1. The quantitative estimate of drug-likeness (QED) is 0.320. The fourth-order valence-corrected chi connectivity index (χ4v) is 2.41. The molecule has 6 heteroatoms. The summed E-state index contributed by atoms with van der Waals surface area (Å²) in [6, 6.07) is 6.28. The van der Waals surface area contributed by atoms with E-state index < -0.39 is 0 Å². The molecule has 0 aliphatic carbocycles. The summed E-state index contributed by atoms with van der Waals surface area (Å²) in [5.74, 6) is 1.72. The standard InChI is InChI=1S/C20H35N3O3/c1-5-25-13-7-6-11-22-20(21-3)23-16-18-10-9-17(2)15-19(18)26-14-8-12-24-4/h9-10,15H,5-8,11-14,16H2,1-4H3,(H2,21,22,23). The number of ether oxygens (including phenoxy) is 3. The molecule has 0 spiro atoms. The number of hydrogen-bond donors (Lipinski definition) is 2. The number of unbranched alkanes of at least 4 members (excludes halogenated alkanes) is 1. The van der Waals surface area contributed by atoms with Crippen LogP contribution in [0, 0.1) is 6.92 Å². The van der Waals surface area contributed by atoms with E-state index >= 15 is 0 Å². The third-order valence-electron chi connectivity index (χ3n) is 3.85. The van der Waals surface area contributed by atoms with Gasteiger partial charge in [-0.2, -0.15) is 0 Å². The van der Waals surface area contributed by atoms with Gasteiger partial charge in [0, 0.05) is 59.1 Å². The highest BCUT2D eigenvalue weighted by molar-refractivity contribution is 5.79. The molecule has 2 N–H and O–H groups in total. The SMILES string of the molecule is CCOCCCCNC(=NC)NCc1ccc(C)cc1OCCCOC. The Morgan fingerprint density at radius 3 is 2.65 bits per heavy atom. The molecule has 0 atom stereocenters. The first kappa shape index (κ1) is 22.3. The first-order valence-corrected chi connectivity index (χ1v) is 9.44. The van der Waals surface area contributed by atoms with E-state index in [-0.39, 0.29) is 0 Å². The molecule has 0 saturated carbocycles. The summed E-state index contributed by atoms with van der Waals surface area (Å²) in [5, 5.41) is 6.69. The first-order valence-electron chi connectivity index (χ1n) is 9.44. The molecule has 1 aromatic rings. The van der Waals surface area contributed by atoms with E-state index in [1.807, 2.05) is 6.92 Å². The van der Waals surface area contributed by atoms with Crippen LogP contribution in [0.1, 0.15) is 37.3 Å². The Balaban J connectivity index is 2.43. The number of rotatable bonds is 13. The largest absolute Gasteiger partial charge is 0.493 e. The summed E-state index contributed by atoms with van der Waals surface area (Å²) >= 11 is 0. The number of nitrogens with one attached hydrogen (secondary N) is 2. The lowest BCUT2D eigenvalue weighted by molar-refractivity contribution is 0.143. The van der Waals surface area contributed by atoms with Crippen molar-refractivity contribution >= 4 is 5.96 Å². The van der Waals surface area contributed by atoms with Gasteiger partial charge in [0.2, 0.25) is 0 Å². The number of aryl methyl sites for hydroxylation is 1. The second kappa shape index (κ2) is 14.4. The molecule has 0 unspecified atom stereocenters. The van der Waals surface area contributed by atoms with Crippen molar-refractivity contribution in [2.24, 2.45) is 4.99 Å². The Hall–Kier alpha value is -1.79. The molecule has 0 radical (unpaired) electrons. The zero-order valence-corrected chi connectivity index (χ0v) is 16.8. The topological polar surface area (TPSA) is 64.1 Å². The van der Waals surface area contributed by atoms with Crippen LogP contribution in [0.4, 0.5) is 0 Å². The maximum absolute atomic E-state index is 5.93. The molecule has 1 aromatic carbocycles. The van der Waals surface area contributed by atoms with E-state index in [2.05, 4.69) is 40.7 Å². The Morgan fingerprint density at radius 2 is 1.92 bits per heavy atom. The fraction of sp³-hybridized carbons (Fsp3) is 0.650. The highest BCUT2D eigenvalue weighted by Crippen LogP contribution is 2.20. The fourth-order valence-electron chi connectivity index (χ4n) is 2.41. The van der Waals surface area contributed by atoms with Crippen LogP contribution in [0.15, 0.2) is 23.2 Å². The number of guanidine groups is 1. The molecule has 0 amide bonds. The van der Waals surface area contributed by atoms with Gasteiger partial charge in [0.15, 0.2) is 5.96 Å². The summed E-state index contributed by atoms with van der Waals surface area (Å²) in [7, 11) is 3.49. The second-order valence-corrected chi connectivity index (χ2v) is 6.06. The van der Waals surface area contributed by atoms with Gasteiger partial charge in [0.1, 0.15) is 5.75 Å². The molecule has 0 aliphatic heterocycles. The van der Waals surface area contributed by atoms with Gasteiger partial charge < -0.3 is 24.8 Å². The molecule has 26 heavy (non-hydrogen) atoms. The molecule has 0 heterocycles. The van der Waals surface area contributed by atoms with Crippen molar-refractivity contribution < 1.29 is 14.2 Å². The monoisotopic (exact) mass is 365 g/mol. The molecule has 1 rings (SSSR count). The Morgan fingerprint density at radius 1 is 1.08 bits per heavy atom. The van der Waals surface area contributed by atoms with E-state index in [0.717, 1.165) is 56.3 Å². The van der Waals surface area contributed by atoms with E-state index in [4.69, 9.17) is 14.2 Å². The predicted molar refractivity (Wildman–Crippen MR) is 107 cm³/mol.